The van der Waals surface area contributed by atoms with Gasteiger partial charge in [0, 0.05) is 5.69 Å². The van der Waals surface area contributed by atoms with Crippen molar-refractivity contribution in [3.63, 3.8) is 0 Å². The predicted molar refractivity (Wildman–Crippen MR) is 67.7 cm³/mol. The molecule has 3 rings (SSSR count). The number of benzene rings is 1. The van der Waals surface area contributed by atoms with Crippen LogP contribution in [-0.4, -0.2) is 28.5 Å². The monoisotopic (exact) mass is 244 g/mol. The smallest absolute Gasteiger partial charge is 0.284 e. The van der Waals surface area contributed by atoms with Crippen LogP contribution in [0.1, 0.15) is 6.29 Å². The Morgan fingerprint density at radius 2 is 2.17 bits per heavy atom. The molecule has 1 aromatic heterocycles. The summed E-state index contributed by atoms with van der Waals surface area (Å²) < 4.78 is 1.80. The number of nitrogens with zero attached hydrogens (tertiary/aromatic N) is 5. The molecule has 1 aliphatic rings. The highest BCUT2D eigenvalue weighted by atomic mass is 16.1. The SMILES string of the molecule is CN(C)C1N=Nc2nc(=O)c3c(N)cccc3n21. The zero-order valence-electron chi connectivity index (χ0n) is 10.0. The van der Waals surface area contributed by atoms with Gasteiger partial charge in [-0.15, -0.1) is 10.2 Å². The highest BCUT2D eigenvalue weighted by Crippen LogP contribution is 2.31. The first-order valence-corrected chi connectivity index (χ1v) is 5.47. The Kier molecular flexibility index (Phi) is 2.17. The van der Waals surface area contributed by atoms with Crippen LogP contribution >= 0.6 is 0 Å². The summed E-state index contributed by atoms with van der Waals surface area (Å²) in [5, 5.41) is 8.45. The number of nitrogens with two attached hydrogens (primary N) is 1. The van der Waals surface area contributed by atoms with E-state index in [1.165, 1.54) is 0 Å². The average molecular weight is 244 g/mol. The summed E-state index contributed by atoms with van der Waals surface area (Å²) in [4.78, 5) is 17.7. The summed E-state index contributed by atoms with van der Waals surface area (Å²) in [5.74, 6) is 0.316. The number of anilines is 1. The molecule has 18 heavy (non-hydrogen) atoms. The van der Waals surface area contributed by atoms with E-state index in [1.807, 2.05) is 25.1 Å². The zero-order chi connectivity index (χ0) is 12.9. The number of nitrogen functional groups attached to an aromatic ring is 1. The van der Waals surface area contributed by atoms with Gasteiger partial charge < -0.3 is 5.73 Å². The molecule has 92 valence electrons. The molecule has 0 bridgehead atoms. The second kappa shape index (κ2) is 3.61. The summed E-state index contributed by atoms with van der Waals surface area (Å²) in [5.41, 5.74) is 6.60. The number of fused-ring (bicyclic) bond motifs is 3. The van der Waals surface area contributed by atoms with Crippen molar-refractivity contribution in [2.45, 2.75) is 6.29 Å². The van der Waals surface area contributed by atoms with Gasteiger partial charge in [-0.05, 0) is 26.2 Å². The third-order valence-corrected chi connectivity index (χ3v) is 2.91. The molecule has 0 saturated heterocycles. The molecule has 1 atom stereocenters. The second-order valence-electron chi connectivity index (χ2n) is 4.35. The Morgan fingerprint density at radius 1 is 1.39 bits per heavy atom. The normalized spacial score (nSPS) is 17.6. The van der Waals surface area contributed by atoms with E-state index in [1.54, 1.807) is 16.7 Å². The predicted octanol–water partition coefficient (Wildman–Crippen LogP) is 1.09. The van der Waals surface area contributed by atoms with E-state index in [0.717, 1.165) is 0 Å². The quantitative estimate of drug-likeness (QED) is 0.760. The first-order valence-electron chi connectivity index (χ1n) is 5.47. The molecule has 0 saturated carbocycles. The van der Waals surface area contributed by atoms with Crippen LogP contribution in [0, 0.1) is 0 Å². The van der Waals surface area contributed by atoms with Crippen molar-refractivity contribution in [3.05, 3.63) is 28.6 Å². The largest absolute Gasteiger partial charge is 0.398 e. The summed E-state index contributed by atoms with van der Waals surface area (Å²) in [7, 11) is 3.77. The zero-order valence-corrected chi connectivity index (χ0v) is 10.0. The van der Waals surface area contributed by atoms with Crippen LogP contribution in [0.3, 0.4) is 0 Å². The van der Waals surface area contributed by atoms with Gasteiger partial charge in [-0.3, -0.25) is 14.3 Å². The molecule has 0 spiro atoms. The molecule has 0 fully saturated rings. The Bertz CT molecular complexity index is 717. The topological polar surface area (TPSA) is 88.9 Å². The number of hydrogen-bond acceptors (Lipinski definition) is 6. The number of hydrogen-bond donors (Lipinski definition) is 1. The summed E-state index contributed by atoms with van der Waals surface area (Å²) in [6.45, 7) is 0. The van der Waals surface area contributed by atoms with E-state index in [-0.39, 0.29) is 11.8 Å². The maximum Gasteiger partial charge on any atom is 0.284 e. The van der Waals surface area contributed by atoms with Crippen molar-refractivity contribution in [1.82, 2.24) is 14.5 Å². The van der Waals surface area contributed by atoms with Crippen LogP contribution < -0.4 is 11.3 Å². The lowest BCUT2D eigenvalue weighted by Crippen LogP contribution is -2.24. The molecule has 0 amide bonds. The lowest BCUT2D eigenvalue weighted by Gasteiger charge is -2.20. The molecule has 2 N–H and O–H groups in total. The summed E-state index contributed by atoms with van der Waals surface area (Å²) in [6.07, 6.45) is -0.294. The molecule has 2 aromatic rings. The number of rotatable bonds is 1. The maximum atomic E-state index is 11.9. The molecule has 7 nitrogen and oxygen atoms in total. The molecular weight excluding hydrogens is 232 g/mol. The number of aromatic nitrogens is 2. The highest BCUT2D eigenvalue weighted by molar-refractivity contribution is 5.90. The van der Waals surface area contributed by atoms with Gasteiger partial charge >= 0.3 is 0 Å². The maximum absolute atomic E-state index is 11.9. The molecule has 1 aromatic carbocycles. The third kappa shape index (κ3) is 1.34. The van der Waals surface area contributed by atoms with E-state index < -0.39 is 0 Å². The summed E-state index contributed by atoms with van der Waals surface area (Å²) >= 11 is 0. The fourth-order valence-corrected chi connectivity index (χ4v) is 2.09. The van der Waals surface area contributed by atoms with Crippen LogP contribution in [0.2, 0.25) is 0 Å². The van der Waals surface area contributed by atoms with Crippen molar-refractivity contribution in [2.24, 2.45) is 10.2 Å². The molecule has 1 aliphatic heterocycles. The molecular formula is C11H12N6O. The lowest BCUT2D eigenvalue weighted by molar-refractivity contribution is 0.238. The van der Waals surface area contributed by atoms with E-state index in [2.05, 4.69) is 15.2 Å². The van der Waals surface area contributed by atoms with Crippen molar-refractivity contribution in [3.8, 4) is 0 Å². The van der Waals surface area contributed by atoms with Gasteiger partial charge in [0.05, 0.1) is 10.9 Å². The van der Waals surface area contributed by atoms with Gasteiger partial charge in [0.15, 0.2) is 0 Å². The van der Waals surface area contributed by atoms with Crippen molar-refractivity contribution >= 4 is 22.5 Å². The van der Waals surface area contributed by atoms with Crippen LogP contribution in [0.4, 0.5) is 11.6 Å². The summed E-state index contributed by atoms with van der Waals surface area (Å²) in [6, 6.07) is 5.31. The Morgan fingerprint density at radius 3 is 2.89 bits per heavy atom. The lowest BCUT2D eigenvalue weighted by atomic mass is 10.2. The van der Waals surface area contributed by atoms with Crippen LogP contribution in [0.15, 0.2) is 33.2 Å². The van der Waals surface area contributed by atoms with Gasteiger partial charge in [-0.2, -0.15) is 4.98 Å². The Labute approximate surface area is 103 Å². The number of azo groups is 1. The van der Waals surface area contributed by atoms with Gasteiger partial charge in [-0.25, -0.2) is 0 Å². The van der Waals surface area contributed by atoms with E-state index in [9.17, 15) is 4.79 Å². The Hall–Kier alpha value is -2.28. The van der Waals surface area contributed by atoms with Crippen molar-refractivity contribution < 1.29 is 0 Å². The van der Waals surface area contributed by atoms with Gasteiger partial charge in [-0.1, -0.05) is 6.07 Å². The first-order chi connectivity index (χ1) is 8.59. The first kappa shape index (κ1) is 10.8. The molecule has 1 unspecified atom stereocenters. The molecule has 0 aliphatic carbocycles. The average Bonchev–Trinajstić information content (AvgIpc) is 2.72. The minimum atomic E-state index is -0.368. The van der Waals surface area contributed by atoms with E-state index in [4.69, 9.17) is 5.73 Å². The van der Waals surface area contributed by atoms with Crippen molar-refractivity contribution in [2.75, 3.05) is 19.8 Å². The van der Waals surface area contributed by atoms with Gasteiger partial charge in [0.25, 0.3) is 11.5 Å². The van der Waals surface area contributed by atoms with Gasteiger partial charge in [0.1, 0.15) is 0 Å². The fraction of sp³-hybridized carbons (Fsp3) is 0.273. The fourth-order valence-electron chi connectivity index (χ4n) is 2.09. The molecule has 7 heteroatoms. The minimum Gasteiger partial charge on any atom is -0.398 e. The highest BCUT2D eigenvalue weighted by Gasteiger charge is 2.25. The molecule has 0 radical (unpaired) electrons. The third-order valence-electron chi connectivity index (χ3n) is 2.91. The van der Waals surface area contributed by atoms with Crippen molar-refractivity contribution in [1.29, 1.82) is 0 Å². The Balaban J connectivity index is 2.44. The van der Waals surface area contributed by atoms with Crippen LogP contribution in [0.25, 0.3) is 10.9 Å². The second-order valence-corrected chi connectivity index (χ2v) is 4.35. The standard InChI is InChI=1S/C11H12N6O/c1-16(2)11-15-14-10-13-9(18)8-6(12)4-3-5-7(8)17(10)11/h3-5,11H,12H2,1-2H3. The van der Waals surface area contributed by atoms with Gasteiger partial charge in [0.2, 0.25) is 6.29 Å². The minimum absolute atomic E-state index is 0.294. The van der Waals surface area contributed by atoms with Crippen LogP contribution in [0.5, 0.6) is 0 Å². The molecule has 2 heterocycles. The van der Waals surface area contributed by atoms with E-state index in [0.29, 0.717) is 22.5 Å². The van der Waals surface area contributed by atoms with Crippen LogP contribution in [-0.2, 0) is 0 Å². The van der Waals surface area contributed by atoms with E-state index >= 15 is 0 Å².